The SMILES string of the molecule is CSc1ccccc1C(=O)Nc1cccc(Cl)c1. The van der Waals surface area contributed by atoms with Crippen LogP contribution >= 0.6 is 23.4 Å². The van der Waals surface area contributed by atoms with Crippen molar-refractivity contribution in [2.24, 2.45) is 0 Å². The smallest absolute Gasteiger partial charge is 0.256 e. The van der Waals surface area contributed by atoms with Gasteiger partial charge in [0.2, 0.25) is 0 Å². The number of rotatable bonds is 3. The monoisotopic (exact) mass is 277 g/mol. The first-order valence-electron chi connectivity index (χ1n) is 5.40. The van der Waals surface area contributed by atoms with E-state index in [0.717, 1.165) is 4.90 Å². The molecule has 0 aliphatic carbocycles. The largest absolute Gasteiger partial charge is 0.322 e. The zero-order valence-electron chi connectivity index (χ0n) is 9.81. The van der Waals surface area contributed by atoms with Crippen molar-refractivity contribution in [3.05, 3.63) is 59.1 Å². The van der Waals surface area contributed by atoms with Crippen LogP contribution in [0.25, 0.3) is 0 Å². The van der Waals surface area contributed by atoms with Crippen molar-refractivity contribution in [3.63, 3.8) is 0 Å². The molecule has 2 nitrogen and oxygen atoms in total. The summed E-state index contributed by atoms with van der Waals surface area (Å²) in [5, 5.41) is 3.44. The highest BCUT2D eigenvalue weighted by Crippen LogP contribution is 2.22. The number of anilines is 1. The Bertz CT molecular complexity index is 571. The predicted molar refractivity (Wildman–Crippen MR) is 77.6 cm³/mol. The summed E-state index contributed by atoms with van der Waals surface area (Å²) in [5.41, 5.74) is 1.37. The minimum atomic E-state index is -0.123. The number of amides is 1. The van der Waals surface area contributed by atoms with Gasteiger partial charge in [0.25, 0.3) is 5.91 Å². The Kier molecular flexibility index (Phi) is 4.28. The lowest BCUT2D eigenvalue weighted by Crippen LogP contribution is -2.12. The van der Waals surface area contributed by atoms with Crippen LogP contribution in [0.5, 0.6) is 0 Å². The van der Waals surface area contributed by atoms with Gasteiger partial charge in [-0.05, 0) is 36.6 Å². The van der Waals surface area contributed by atoms with E-state index in [9.17, 15) is 4.79 Å². The van der Waals surface area contributed by atoms with Crippen LogP contribution in [-0.2, 0) is 0 Å². The molecule has 0 saturated heterocycles. The Balaban J connectivity index is 2.22. The highest BCUT2D eigenvalue weighted by Gasteiger charge is 2.10. The first kappa shape index (κ1) is 13.0. The van der Waals surface area contributed by atoms with Crippen LogP contribution < -0.4 is 5.32 Å². The number of halogens is 1. The van der Waals surface area contributed by atoms with Crippen molar-refractivity contribution in [2.45, 2.75) is 4.90 Å². The van der Waals surface area contributed by atoms with Crippen molar-refractivity contribution >= 4 is 35.0 Å². The Labute approximate surface area is 115 Å². The van der Waals surface area contributed by atoms with Gasteiger partial charge in [-0.3, -0.25) is 4.79 Å². The lowest BCUT2D eigenvalue weighted by atomic mass is 10.2. The van der Waals surface area contributed by atoms with E-state index in [1.54, 1.807) is 30.0 Å². The second kappa shape index (κ2) is 5.94. The van der Waals surface area contributed by atoms with Gasteiger partial charge in [0.05, 0.1) is 5.56 Å². The van der Waals surface area contributed by atoms with Gasteiger partial charge in [0.1, 0.15) is 0 Å². The molecular formula is C14H12ClNOS. The van der Waals surface area contributed by atoms with E-state index in [4.69, 9.17) is 11.6 Å². The van der Waals surface area contributed by atoms with Crippen molar-refractivity contribution in [1.29, 1.82) is 0 Å². The minimum Gasteiger partial charge on any atom is -0.322 e. The molecule has 1 amide bonds. The van der Waals surface area contributed by atoms with Gasteiger partial charge in [-0.15, -0.1) is 11.8 Å². The molecule has 4 heteroatoms. The normalized spacial score (nSPS) is 10.1. The summed E-state index contributed by atoms with van der Waals surface area (Å²) >= 11 is 7.43. The molecule has 0 aromatic heterocycles. The quantitative estimate of drug-likeness (QED) is 0.847. The minimum absolute atomic E-state index is 0.123. The molecule has 2 aromatic rings. The molecule has 0 heterocycles. The Morgan fingerprint density at radius 2 is 1.94 bits per heavy atom. The predicted octanol–water partition coefficient (Wildman–Crippen LogP) is 4.31. The maximum atomic E-state index is 12.1. The number of thioether (sulfide) groups is 1. The van der Waals surface area contributed by atoms with E-state index in [-0.39, 0.29) is 5.91 Å². The zero-order chi connectivity index (χ0) is 13.0. The maximum absolute atomic E-state index is 12.1. The molecule has 0 atom stereocenters. The van der Waals surface area contributed by atoms with Gasteiger partial charge in [-0.25, -0.2) is 0 Å². The van der Waals surface area contributed by atoms with Crippen LogP contribution in [0.1, 0.15) is 10.4 Å². The third-order valence-corrected chi connectivity index (χ3v) is 3.47. The van der Waals surface area contributed by atoms with Crippen LogP contribution in [0.3, 0.4) is 0 Å². The molecule has 0 spiro atoms. The zero-order valence-corrected chi connectivity index (χ0v) is 11.4. The lowest BCUT2D eigenvalue weighted by molar-refractivity contribution is 0.102. The van der Waals surface area contributed by atoms with E-state index in [2.05, 4.69) is 5.32 Å². The second-order valence-corrected chi connectivity index (χ2v) is 4.95. The standard InChI is InChI=1S/C14H12ClNOS/c1-18-13-8-3-2-7-12(13)14(17)16-11-6-4-5-10(15)9-11/h2-9H,1H3,(H,16,17). The fraction of sp³-hybridized carbons (Fsp3) is 0.0714. The molecule has 2 rings (SSSR count). The van der Waals surface area contributed by atoms with Crippen molar-refractivity contribution in [2.75, 3.05) is 11.6 Å². The summed E-state index contributed by atoms with van der Waals surface area (Å²) in [7, 11) is 0. The molecule has 0 fully saturated rings. The number of nitrogens with one attached hydrogen (secondary N) is 1. The summed E-state index contributed by atoms with van der Waals surface area (Å²) in [6.07, 6.45) is 1.95. The van der Waals surface area contributed by atoms with Crippen LogP contribution in [0.2, 0.25) is 5.02 Å². The molecule has 0 unspecified atom stereocenters. The third kappa shape index (κ3) is 3.06. The third-order valence-electron chi connectivity index (χ3n) is 2.43. The van der Waals surface area contributed by atoms with Crippen LogP contribution in [0.15, 0.2) is 53.4 Å². The van der Waals surface area contributed by atoms with Gasteiger partial charge in [-0.1, -0.05) is 29.8 Å². The van der Waals surface area contributed by atoms with Gasteiger partial charge < -0.3 is 5.32 Å². The molecular weight excluding hydrogens is 266 g/mol. The fourth-order valence-corrected chi connectivity index (χ4v) is 2.38. The summed E-state index contributed by atoms with van der Waals surface area (Å²) in [4.78, 5) is 13.1. The topological polar surface area (TPSA) is 29.1 Å². The van der Waals surface area contributed by atoms with Gasteiger partial charge in [0, 0.05) is 15.6 Å². The Morgan fingerprint density at radius 3 is 2.67 bits per heavy atom. The van der Waals surface area contributed by atoms with Gasteiger partial charge >= 0.3 is 0 Å². The van der Waals surface area contributed by atoms with Crippen molar-refractivity contribution in [3.8, 4) is 0 Å². The number of hydrogen-bond acceptors (Lipinski definition) is 2. The molecule has 0 radical (unpaired) electrons. The first-order chi connectivity index (χ1) is 8.70. The highest BCUT2D eigenvalue weighted by atomic mass is 35.5. The van der Waals surface area contributed by atoms with E-state index in [1.807, 2.05) is 36.6 Å². The molecule has 0 aliphatic heterocycles. The van der Waals surface area contributed by atoms with Crippen LogP contribution in [0, 0.1) is 0 Å². The lowest BCUT2D eigenvalue weighted by Gasteiger charge is -2.08. The molecule has 0 bridgehead atoms. The molecule has 18 heavy (non-hydrogen) atoms. The number of hydrogen-bond donors (Lipinski definition) is 1. The van der Waals surface area contributed by atoms with E-state index in [0.29, 0.717) is 16.3 Å². The van der Waals surface area contributed by atoms with Crippen LogP contribution in [0.4, 0.5) is 5.69 Å². The van der Waals surface area contributed by atoms with Gasteiger partial charge in [-0.2, -0.15) is 0 Å². The van der Waals surface area contributed by atoms with Gasteiger partial charge in [0.15, 0.2) is 0 Å². The number of carbonyl (C=O) groups is 1. The molecule has 2 aromatic carbocycles. The summed E-state index contributed by atoms with van der Waals surface area (Å²) < 4.78 is 0. The summed E-state index contributed by atoms with van der Waals surface area (Å²) in [5.74, 6) is -0.123. The van der Waals surface area contributed by atoms with E-state index >= 15 is 0 Å². The fourth-order valence-electron chi connectivity index (χ4n) is 1.60. The summed E-state index contributed by atoms with van der Waals surface area (Å²) in [6.45, 7) is 0. The summed E-state index contributed by atoms with van der Waals surface area (Å²) in [6, 6.07) is 14.6. The van der Waals surface area contributed by atoms with E-state index < -0.39 is 0 Å². The molecule has 0 saturated carbocycles. The van der Waals surface area contributed by atoms with Crippen molar-refractivity contribution in [1.82, 2.24) is 0 Å². The highest BCUT2D eigenvalue weighted by molar-refractivity contribution is 7.98. The van der Waals surface area contributed by atoms with Crippen molar-refractivity contribution < 1.29 is 4.79 Å². The average molecular weight is 278 g/mol. The maximum Gasteiger partial charge on any atom is 0.256 e. The van der Waals surface area contributed by atoms with Crippen LogP contribution in [-0.4, -0.2) is 12.2 Å². The first-order valence-corrected chi connectivity index (χ1v) is 7.01. The molecule has 1 N–H and O–H groups in total. The number of benzene rings is 2. The molecule has 0 aliphatic rings. The Morgan fingerprint density at radius 1 is 1.17 bits per heavy atom. The Hall–Kier alpha value is -1.45. The van der Waals surface area contributed by atoms with E-state index in [1.165, 1.54) is 0 Å². The average Bonchev–Trinajstić information content (AvgIpc) is 2.38. The second-order valence-electron chi connectivity index (χ2n) is 3.66. The molecule has 92 valence electrons. The number of carbonyl (C=O) groups excluding carboxylic acids is 1.